The van der Waals surface area contributed by atoms with E-state index < -0.39 is 6.10 Å². The lowest BCUT2D eigenvalue weighted by molar-refractivity contribution is -0.150. The Bertz CT molecular complexity index is 565. The maximum Gasteiger partial charge on any atom is 0.139 e. The second-order valence-corrected chi connectivity index (χ2v) is 8.55. The van der Waals surface area contributed by atoms with E-state index in [-0.39, 0.29) is 28.6 Å². The van der Waals surface area contributed by atoms with Crippen LogP contribution >= 0.6 is 0 Å². The Kier molecular flexibility index (Phi) is 3.01. The van der Waals surface area contributed by atoms with Crippen molar-refractivity contribution in [2.24, 2.45) is 34.5 Å². The number of rotatable bonds is 0. The second-order valence-electron chi connectivity index (χ2n) is 8.55. The predicted octanol–water partition coefficient (Wildman–Crippen LogP) is 2.91. The number of hydrogen-bond acceptors (Lipinski definition) is 3. The molecule has 3 heteroatoms. The van der Waals surface area contributed by atoms with E-state index in [1.165, 1.54) is 0 Å². The molecule has 0 heterocycles. The van der Waals surface area contributed by atoms with Crippen molar-refractivity contribution in [2.45, 2.75) is 58.5 Å². The van der Waals surface area contributed by atoms with Gasteiger partial charge in [-0.25, -0.2) is 0 Å². The van der Waals surface area contributed by atoms with E-state index in [1.807, 2.05) is 6.08 Å². The van der Waals surface area contributed by atoms with Crippen molar-refractivity contribution < 1.29 is 14.7 Å². The number of carbonyl (C=O) groups is 2. The van der Waals surface area contributed by atoms with Crippen molar-refractivity contribution in [3.05, 3.63) is 12.2 Å². The molecule has 0 aromatic carbocycles. The summed E-state index contributed by atoms with van der Waals surface area (Å²) in [7, 11) is 0. The number of allylic oxidation sites excluding steroid dienone is 1. The minimum atomic E-state index is -0.399. The molecule has 4 rings (SSSR count). The number of ketones is 2. The average molecular weight is 302 g/mol. The average Bonchev–Trinajstić information content (AvgIpc) is 2.77. The lowest BCUT2D eigenvalue weighted by atomic mass is 9.46. The van der Waals surface area contributed by atoms with Gasteiger partial charge >= 0.3 is 0 Å². The van der Waals surface area contributed by atoms with Crippen LogP contribution in [0, 0.1) is 34.5 Å². The van der Waals surface area contributed by atoms with Gasteiger partial charge in [0.1, 0.15) is 11.6 Å². The normalized spacial score (nSPS) is 53.9. The molecule has 0 amide bonds. The number of Topliss-reactive ketones (excluding diaryl/α,β-unsaturated/α-hetero) is 2. The first kappa shape index (κ1) is 14.6. The first-order valence-electron chi connectivity index (χ1n) is 8.80. The smallest absolute Gasteiger partial charge is 0.139 e. The Morgan fingerprint density at radius 3 is 2.73 bits per heavy atom. The van der Waals surface area contributed by atoms with E-state index in [9.17, 15) is 14.7 Å². The lowest BCUT2D eigenvalue weighted by Gasteiger charge is -2.57. The van der Waals surface area contributed by atoms with Gasteiger partial charge in [-0.1, -0.05) is 26.0 Å². The largest absolute Gasteiger partial charge is 0.389 e. The van der Waals surface area contributed by atoms with Crippen LogP contribution in [0.25, 0.3) is 0 Å². The highest BCUT2D eigenvalue weighted by Crippen LogP contribution is 2.63. The Morgan fingerprint density at radius 1 is 1.18 bits per heavy atom. The third kappa shape index (κ3) is 1.72. The van der Waals surface area contributed by atoms with Gasteiger partial charge in [0.25, 0.3) is 0 Å². The van der Waals surface area contributed by atoms with Crippen LogP contribution in [0.4, 0.5) is 0 Å². The molecule has 1 N–H and O–H groups in total. The summed E-state index contributed by atoms with van der Waals surface area (Å²) in [4.78, 5) is 25.3. The zero-order chi connectivity index (χ0) is 15.7. The monoisotopic (exact) mass is 302 g/mol. The van der Waals surface area contributed by atoms with Crippen LogP contribution in [0.2, 0.25) is 0 Å². The minimum Gasteiger partial charge on any atom is -0.389 e. The highest BCUT2D eigenvalue weighted by atomic mass is 16.3. The number of carbonyl (C=O) groups excluding carboxylic acids is 2. The summed E-state index contributed by atoms with van der Waals surface area (Å²) >= 11 is 0. The molecule has 22 heavy (non-hydrogen) atoms. The zero-order valence-corrected chi connectivity index (χ0v) is 13.5. The van der Waals surface area contributed by atoms with Crippen LogP contribution in [0.15, 0.2) is 12.2 Å². The van der Waals surface area contributed by atoms with Crippen LogP contribution < -0.4 is 0 Å². The van der Waals surface area contributed by atoms with Crippen LogP contribution in [0.5, 0.6) is 0 Å². The number of fused-ring (bicyclic) bond motifs is 5. The van der Waals surface area contributed by atoms with Crippen molar-refractivity contribution in [2.75, 3.05) is 0 Å². The highest BCUT2D eigenvalue weighted by molar-refractivity contribution is 5.90. The molecule has 0 aliphatic heterocycles. The summed E-state index contributed by atoms with van der Waals surface area (Å²) in [5.41, 5.74) is -0.233. The molecule has 4 aliphatic rings. The van der Waals surface area contributed by atoms with E-state index >= 15 is 0 Å². The van der Waals surface area contributed by atoms with Gasteiger partial charge < -0.3 is 5.11 Å². The Hall–Kier alpha value is -0.960. The van der Waals surface area contributed by atoms with Gasteiger partial charge in [0.05, 0.1) is 6.10 Å². The molecule has 0 saturated heterocycles. The first-order valence-corrected chi connectivity index (χ1v) is 8.80. The van der Waals surface area contributed by atoms with Crippen molar-refractivity contribution in [1.29, 1.82) is 0 Å². The number of hydrogen-bond donors (Lipinski definition) is 1. The summed E-state index contributed by atoms with van der Waals surface area (Å²) in [6, 6.07) is 0. The van der Waals surface area contributed by atoms with Gasteiger partial charge in [0.15, 0.2) is 0 Å². The molecule has 3 nitrogen and oxygen atoms in total. The predicted molar refractivity (Wildman–Crippen MR) is 83.0 cm³/mol. The molecule has 2 unspecified atom stereocenters. The maximum absolute atomic E-state index is 12.9. The Morgan fingerprint density at radius 2 is 1.95 bits per heavy atom. The summed E-state index contributed by atoms with van der Waals surface area (Å²) < 4.78 is 0. The van der Waals surface area contributed by atoms with Crippen molar-refractivity contribution in [1.82, 2.24) is 0 Å². The van der Waals surface area contributed by atoms with Gasteiger partial charge in [0.2, 0.25) is 0 Å². The molecular formula is C19H26O3. The standard InChI is InChI=1S/C19H26O3/c1-18-7-5-12(20)9-11(18)10-15(21)17-13-3-4-16(22)19(13,2)8-6-14(17)18/h5,7,11-14,17,20H,3-4,6,8-10H2,1-2H3/t11?,12?,13-,14-,17-,18-,19-/m0/s1. The summed E-state index contributed by atoms with van der Waals surface area (Å²) in [5, 5.41) is 9.93. The molecule has 3 fully saturated rings. The molecular weight excluding hydrogens is 276 g/mol. The topological polar surface area (TPSA) is 54.4 Å². The molecule has 0 aromatic rings. The van der Waals surface area contributed by atoms with Crippen LogP contribution in [-0.4, -0.2) is 22.8 Å². The van der Waals surface area contributed by atoms with Crippen LogP contribution in [-0.2, 0) is 9.59 Å². The minimum absolute atomic E-state index is 0.0186. The van der Waals surface area contributed by atoms with Gasteiger partial charge in [-0.2, -0.15) is 0 Å². The van der Waals surface area contributed by atoms with Crippen LogP contribution in [0.3, 0.4) is 0 Å². The molecule has 0 aromatic heterocycles. The van der Waals surface area contributed by atoms with E-state index in [0.717, 1.165) is 19.3 Å². The molecule has 0 spiro atoms. The molecule has 120 valence electrons. The zero-order valence-electron chi connectivity index (χ0n) is 13.5. The molecule has 4 aliphatic carbocycles. The highest BCUT2D eigenvalue weighted by Gasteiger charge is 2.62. The molecule has 0 bridgehead atoms. The summed E-state index contributed by atoms with van der Waals surface area (Å²) in [6.45, 7) is 4.38. The fourth-order valence-corrected chi connectivity index (χ4v) is 6.25. The second kappa shape index (κ2) is 4.53. The Labute approximate surface area is 132 Å². The van der Waals surface area contributed by atoms with Crippen molar-refractivity contribution in [3.63, 3.8) is 0 Å². The molecule has 0 radical (unpaired) electrons. The summed E-state index contributed by atoms with van der Waals surface area (Å²) in [6.07, 6.45) is 8.48. The lowest BCUT2D eigenvalue weighted by Crippen LogP contribution is -2.56. The molecule has 3 saturated carbocycles. The van der Waals surface area contributed by atoms with E-state index in [2.05, 4.69) is 19.9 Å². The van der Waals surface area contributed by atoms with Crippen molar-refractivity contribution in [3.8, 4) is 0 Å². The van der Waals surface area contributed by atoms with E-state index in [0.29, 0.717) is 36.7 Å². The summed E-state index contributed by atoms with van der Waals surface area (Å²) in [5.74, 6) is 1.68. The SMILES string of the molecule is C[C@]12C=CC(O)CC1CC(=O)[C@@H]1[C@@H]2CC[C@]2(C)C(=O)CC[C@@H]12. The maximum atomic E-state index is 12.9. The van der Waals surface area contributed by atoms with Gasteiger partial charge in [-0.05, 0) is 48.9 Å². The van der Waals surface area contributed by atoms with Crippen molar-refractivity contribution >= 4 is 11.6 Å². The van der Waals surface area contributed by atoms with E-state index in [4.69, 9.17) is 0 Å². The first-order chi connectivity index (χ1) is 10.4. The third-order valence-electron chi connectivity index (χ3n) is 7.68. The quantitative estimate of drug-likeness (QED) is 0.700. The fraction of sp³-hybridized carbons (Fsp3) is 0.789. The van der Waals surface area contributed by atoms with Crippen LogP contribution in [0.1, 0.15) is 52.4 Å². The van der Waals surface area contributed by atoms with Gasteiger partial charge in [0, 0.05) is 24.2 Å². The molecule has 7 atom stereocenters. The number of aliphatic hydroxyl groups is 1. The number of aliphatic hydroxyl groups excluding tert-OH is 1. The fourth-order valence-electron chi connectivity index (χ4n) is 6.25. The Balaban J connectivity index is 1.74. The van der Waals surface area contributed by atoms with Gasteiger partial charge in [-0.15, -0.1) is 0 Å². The van der Waals surface area contributed by atoms with E-state index in [1.54, 1.807) is 0 Å². The van der Waals surface area contributed by atoms with Gasteiger partial charge in [-0.3, -0.25) is 9.59 Å². The third-order valence-corrected chi connectivity index (χ3v) is 7.68.